The van der Waals surface area contributed by atoms with E-state index in [-0.39, 0.29) is 18.6 Å². The molecule has 0 aliphatic carbocycles. The SMILES string of the molecule is [N-]=[N+]=NCC(O)CNc1ccc(-n2ccccc2=O)cc1. The fourth-order valence-electron chi connectivity index (χ4n) is 1.81. The van der Waals surface area contributed by atoms with Gasteiger partial charge in [0.2, 0.25) is 0 Å². The molecule has 0 fully saturated rings. The minimum absolute atomic E-state index is 0.0288. The maximum atomic E-state index is 11.7. The van der Waals surface area contributed by atoms with E-state index in [9.17, 15) is 9.90 Å². The molecule has 0 amide bonds. The zero-order chi connectivity index (χ0) is 15.1. The Morgan fingerprint density at radius 1 is 1.29 bits per heavy atom. The van der Waals surface area contributed by atoms with Gasteiger partial charge in [-0.25, -0.2) is 0 Å². The second-order valence-corrected chi connectivity index (χ2v) is 4.40. The minimum Gasteiger partial charge on any atom is -0.391 e. The molecule has 0 saturated carbocycles. The number of pyridine rings is 1. The van der Waals surface area contributed by atoms with Gasteiger partial charge in [-0.05, 0) is 35.9 Å². The lowest BCUT2D eigenvalue weighted by molar-refractivity contribution is 0.196. The lowest BCUT2D eigenvalue weighted by Gasteiger charge is -2.11. The van der Waals surface area contributed by atoms with Crippen LogP contribution in [0, 0.1) is 0 Å². The van der Waals surface area contributed by atoms with Gasteiger partial charge in [0.05, 0.1) is 12.6 Å². The molecule has 108 valence electrons. The van der Waals surface area contributed by atoms with Crippen molar-refractivity contribution >= 4 is 5.69 Å². The number of nitrogens with zero attached hydrogens (tertiary/aromatic N) is 4. The van der Waals surface area contributed by atoms with E-state index < -0.39 is 6.10 Å². The molecule has 2 N–H and O–H groups in total. The molecule has 1 heterocycles. The number of aliphatic hydroxyl groups is 1. The number of benzene rings is 1. The van der Waals surface area contributed by atoms with Gasteiger partial charge in [-0.2, -0.15) is 0 Å². The number of rotatable bonds is 6. The molecule has 21 heavy (non-hydrogen) atoms. The monoisotopic (exact) mass is 285 g/mol. The van der Waals surface area contributed by atoms with Crippen LogP contribution in [0.2, 0.25) is 0 Å². The van der Waals surface area contributed by atoms with Gasteiger partial charge in [-0.1, -0.05) is 11.2 Å². The van der Waals surface area contributed by atoms with Crippen LogP contribution in [-0.2, 0) is 0 Å². The van der Waals surface area contributed by atoms with Crippen molar-refractivity contribution in [2.75, 3.05) is 18.4 Å². The molecule has 1 aromatic heterocycles. The summed E-state index contributed by atoms with van der Waals surface area (Å²) in [5, 5.41) is 15.9. The van der Waals surface area contributed by atoms with Crippen molar-refractivity contribution in [3.05, 3.63) is 69.5 Å². The average molecular weight is 285 g/mol. The molecule has 0 aliphatic heterocycles. The highest BCUT2D eigenvalue weighted by atomic mass is 16.3. The largest absolute Gasteiger partial charge is 0.391 e. The number of hydrogen-bond acceptors (Lipinski definition) is 4. The third kappa shape index (κ3) is 4.10. The first-order chi connectivity index (χ1) is 10.2. The van der Waals surface area contributed by atoms with E-state index in [4.69, 9.17) is 5.53 Å². The molecule has 0 spiro atoms. The third-order valence-electron chi connectivity index (χ3n) is 2.87. The summed E-state index contributed by atoms with van der Waals surface area (Å²) in [7, 11) is 0. The number of hydrogen-bond donors (Lipinski definition) is 2. The maximum absolute atomic E-state index is 11.7. The second kappa shape index (κ2) is 7.14. The molecular weight excluding hydrogens is 270 g/mol. The molecule has 1 unspecified atom stereocenters. The van der Waals surface area contributed by atoms with Crippen molar-refractivity contribution in [1.82, 2.24) is 4.57 Å². The molecule has 0 bridgehead atoms. The van der Waals surface area contributed by atoms with E-state index in [1.54, 1.807) is 22.9 Å². The fraction of sp³-hybridized carbons (Fsp3) is 0.214. The second-order valence-electron chi connectivity index (χ2n) is 4.40. The molecular formula is C14H15N5O2. The summed E-state index contributed by atoms with van der Waals surface area (Å²) >= 11 is 0. The first-order valence-corrected chi connectivity index (χ1v) is 6.41. The van der Waals surface area contributed by atoms with Crippen LogP contribution in [-0.4, -0.2) is 28.9 Å². The standard InChI is InChI=1S/C14H15N5O2/c15-18-17-10-13(20)9-16-11-4-6-12(7-5-11)19-8-2-1-3-14(19)21/h1-8,13,16,20H,9-10H2. The van der Waals surface area contributed by atoms with Gasteiger partial charge in [0.1, 0.15) is 0 Å². The van der Waals surface area contributed by atoms with E-state index in [1.807, 2.05) is 24.3 Å². The van der Waals surface area contributed by atoms with Crippen LogP contribution in [0.3, 0.4) is 0 Å². The van der Waals surface area contributed by atoms with Crippen LogP contribution in [0.5, 0.6) is 0 Å². The molecule has 2 rings (SSSR count). The highest BCUT2D eigenvalue weighted by molar-refractivity contribution is 5.48. The Labute approximate surface area is 121 Å². The van der Waals surface area contributed by atoms with Gasteiger partial charge < -0.3 is 10.4 Å². The Hall–Kier alpha value is -2.76. The summed E-state index contributed by atoms with van der Waals surface area (Å²) < 4.78 is 1.54. The van der Waals surface area contributed by atoms with Gasteiger partial charge in [-0.3, -0.25) is 9.36 Å². The highest BCUT2D eigenvalue weighted by Crippen LogP contribution is 2.11. The van der Waals surface area contributed by atoms with Gasteiger partial charge in [0.15, 0.2) is 0 Å². The third-order valence-corrected chi connectivity index (χ3v) is 2.87. The molecule has 2 aromatic rings. The van der Waals surface area contributed by atoms with Crippen LogP contribution in [0.15, 0.2) is 58.6 Å². The topological polar surface area (TPSA) is 103 Å². The van der Waals surface area contributed by atoms with Crippen molar-refractivity contribution in [2.24, 2.45) is 5.11 Å². The quantitative estimate of drug-likeness (QED) is 0.481. The first kappa shape index (κ1) is 14.6. The Morgan fingerprint density at radius 2 is 2.05 bits per heavy atom. The molecule has 1 aromatic carbocycles. The predicted octanol–water partition coefficient (Wildman–Crippen LogP) is 1.92. The van der Waals surface area contributed by atoms with Crippen LogP contribution in [0.25, 0.3) is 16.1 Å². The Kier molecular flexibility index (Phi) is 4.98. The van der Waals surface area contributed by atoms with Crippen molar-refractivity contribution < 1.29 is 5.11 Å². The Bertz CT molecular complexity index is 689. The predicted molar refractivity (Wildman–Crippen MR) is 80.5 cm³/mol. The van der Waals surface area contributed by atoms with Gasteiger partial charge >= 0.3 is 0 Å². The van der Waals surface area contributed by atoms with Gasteiger partial charge in [0, 0.05) is 35.1 Å². The van der Waals surface area contributed by atoms with Crippen molar-refractivity contribution in [3.8, 4) is 5.69 Å². The first-order valence-electron chi connectivity index (χ1n) is 6.41. The maximum Gasteiger partial charge on any atom is 0.255 e. The Balaban J connectivity index is 2.01. The summed E-state index contributed by atoms with van der Waals surface area (Å²) in [5.41, 5.74) is 9.64. The summed E-state index contributed by atoms with van der Waals surface area (Å²) in [6, 6.07) is 12.2. The molecule has 0 radical (unpaired) electrons. The molecule has 1 atom stereocenters. The molecule has 7 nitrogen and oxygen atoms in total. The normalized spacial score (nSPS) is 11.5. The van der Waals surface area contributed by atoms with E-state index in [0.717, 1.165) is 11.4 Å². The van der Waals surface area contributed by atoms with Crippen LogP contribution >= 0.6 is 0 Å². The van der Waals surface area contributed by atoms with Crippen molar-refractivity contribution in [2.45, 2.75) is 6.10 Å². The number of anilines is 1. The van der Waals surface area contributed by atoms with Gasteiger partial charge in [-0.15, -0.1) is 0 Å². The van der Waals surface area contributed by atoms with Crippen molar-refractivity contribution in [1.29, 1.82) is 0 Å². The van der Waals surface area contributed by atoms with Crippen LogP contribution in [0.1, 0.15) is 0 Å². The minimum atomic E-state index is -0.739. The average Bonchev–Trinajstić information content (AvgIpc) is 2.52. The molecule has 7 heteroatoms. The van der Waals surface area contributed by atoms with Crippen molar-refractivity contribution in [3.63, 3.8) is 0 Å². The summed E-state index contributed by atoms with van der Waals surface area (Å²) in [6.07, 6.45) is 0.964. The lowest BCUT2D eigenvalue weighted by Crippen LogP contribution is -2.22. The van der Waals surface area contributed by atoms with Crippen LogP contribution in [0.4, 0.5) is 5.69 Å². The van der Waals surface area contributed by atoms with Gasteiger partial charge in [0.25, 0.3) is 5.56 Å². The number of aromatic nitrogens is 1. The van der Waals surface area contributed by atoms with E-state index >= 15 is 0 Å². The fourth-order valence-corrected chi connectivity index (χ4v) is 1.81. The zero-order valence-electron chi connectivity index (χ0n) is 11.3. The number of aliphatic hydroxyl groups excluding tert-OH is 1. The summed E-state index contributed by atoms with van der Waals surface area (Å²) in [5.74, 6) is 0. The van der Waals surface area contributed by atoms with E-state index in [0.29, 0.717) is 0 Å². The van der Waals surface area contributed by atoms with E-state index in [2.05, 4.69) is 15.3 Å². The van der Waals surface area contributed by atoms with Crippen LogP contribution < -0.4 is 10.9 Å². The zero-order valence-corrected chi connectivity index (χ0v) is 11.3. The lowest BCUT2D eigenvalue weighted by atomic mass is 10.2. The summed E-state index contributed by atoms with van der Waals surface area (Å²) in [4.78, 5) is 14.3. The number of azide groups is 1. The molecule has 0 aliphatic rings. The highest BCUT2D eigenvalue weighted by Gasteiger charge is 2.03. The Morgan fingerprint density at radius 3 is 2.71 bits per heavy atom. The van der Waals surface area contributed by atoms with E-state index in [1.165, 1.54) is 6.07 Å². The number of nitrogens with one attached hydrogen (secondary N) is 1. The molecule has 0 saturated heterocycles. The summed E-state index contributed by atoms with van der Waals surface area (Å²) in [6.45, 7) is 0.310. The smallest absolute Gasteiger partial charge is 0.255 e.